The molecule has 0 bridgehead atoms. The van der Waals surface area contributed by atoms with Gasteiger partial charge in [0.05, 0.1) is 12.1 Å². The second-order valence-corrected chi connectivity index (χ2v) is 8.04. The molecule has 0 aromatic heterocycles. The molecule has 8 N–H and O–H groups in total. The Balaban J connectivity index is 5.09. The number of hydrogen-bond donors (Lipinski definition) is 8. The lowest BCUT2D eigenvalue weighted by molar-refractivity contribution is -0.142. The number of carbonyl (C=O) groups is 5. The molecule has 0 aliphatic carbocycles. The van der Waals surface area contributed by atoms with Crippen molar-refractivity contribution >= 4 is 54.1 Å². The van der Waals surface area contributed by atoms with E-state index >= 15 is 0 Å². The third-order valence-corrected chi connectivity index (χ3v) is 5.12. The number of carboxylic acids is 2. The molecule has 0 saturated carbocycles. The fourth-order valence-electron chi connectivity index (χ4n) is 2.30. The Morgan fingerprint density at radius 1 is 0.968 bits per heavy atom. The predicted molar refractivity (Wildman–Crippen MR) is 117 cm³/mol. The van der Waals surface area contributed by atoms with Gasteiger partial charge in [0.2, 0.25) is 17.7 Å². The summed E-state index contributed by atoms with van der Waals surface area (Å²) in [7, 11) is 0. The molecule has 14 heteroatoms. The Bertz CT molecular complexity index is 650. The molecule has 0 heterocycles. The number of rotatable bonds is 15. The Kier molecular flexibility index (Phi) is 13.9. The second kappa shape index (κ2) is 14.9. The van der Waals surface area contributed by atoms with Crippen LogP contribution in [0.2, 0.25) is 0 Å². The zero-order chi connectivity index (χ0) is 24.1. The predicted octanol–water partition coefficient (Wildman–Crippen LogP) is -2.22. The van der Waals surface area contributed by atoms with E-state index in [9.17, 15) is 34.2 Å². The molecule has 0 aliphatic rings. The highest BCUT2D eigenvalue weighted by Gasteiger charge is 2.32. The summed E-state index contributed by atoms with van der Waals surface area (Å²) in [6.07, 6.45) is 0.0611. The number of nitrogens with one attached hydrogen (secondary N) is 3. The average Bonchev–Trinajstić information content (AvgIpc) is 2.70. The van der Waals surface area contributed by atoms with Crippen molar-refractivity contribution < 1.29 is 39.3 Å². The van der Waals surface area contributed by atoms with Crippen LogP contribution in [0.25, 0.3) is 0 Å². The van der Waals surface area contributed by atoms with Gasteiger partial charge in [0.1, 0.15) is 18.1 Å². The first-order chi connectivity index (χ1) is 14.4. The van der Waals surface area contributed by atoms with Crippen LogP contribution in [0.1, 0.15) is 26.2 Å². The van der Waals surface area contributed by atoms with Gasteiger partial charge in [-0.15, -0.1) is 0 Å². The summed E-state index contributed by atoms with van der Waals surface area (Å²) in [4.78, 5) is 58.9. The second-order valence-electron chi connectivity index (χ2n) is 6.69. The quantitative estimate of drug-likeness (QED) is 0.118. The first-order valence-corrected chi connectivity index (χ1v) is 11.4. The number of aliphatic hydroxyl groups excluding tert-OH is 1. The SMILES string of the molecule is CSCCC(NC(=O)C(CS)NC(=O)C(NC(=O)C(N)CCC(=O)O)C(C)O)C(=O)O. The van der Waals surface area contributed by atoms with Crippen molar-refractivity contribution in [1.29, 1.82) is 0 Å². The monoisotopic (exact) mass is 482 g/mol. The first kappa shape index (κ1) is 29.0. The molecule has 178 valence electrons. The topological polar surface area (TPSA) is 208 Å². The zero-order valence-corrected chi connectivity index (χ0v) is 18.9. The number of carbonyl (C=O) groups excluding carboxylic acids is 3. The molecular formula is C17H30N4O8S2. The summed E-state index contributed by atoms with van der Waals surface area (Å²) in [5.74, 6) is -4.61. The number of amides is 3. The lowest BCUT2D eigenvalue weighted by atomic mass is 10.1. The van der Waals surface area contributed by atoms with Crippen molar-refractivity contribution in [3.05, 3.63) is 0 Å². The highest BCUT2D eigenvalue weighted by Crippen LogP contribution is 2.03. The molecule has 0 rings (SSSR count). The van der Waals surface area contributed by atoms with E-state index in [1.807, 2.05) is 0 Å². The maximum atomic E-state index is 12.5. The molecule has 0 aromatic rings. The van der Waals surface area contributed by atoms with E-state index in [4.69, 9.17) is 10.8 Å². The van der Waals surface area contributed by atoms with Crippen LogP contribution in [0.3, 0.4) is 0 Å². The molecule has 0 aromatic carbocycles. The normalized spacial score (nSPS) is 15.6. The van der Waals surface area contributed by atoms with Crippen molar-refractivity contribution in [2.24, 2.45) is 5.73 Å². The highest BCUT2D eigenvalue weighted by atomic mass is 32.2. The molecule has 0 saturated heterocycles. The molecule has 12 nitrogen and oxygen atoms in total. The smallest absolute Gasteiger partial charge is 0.326 e. The summed E-state index contributed by atoms with van der Waals surface area (Å²) in [5.41, 5.74) is 5.59. The van der Waals surface area contributed by atoms with Gasteiger partial charge in [-0.25, -0.2) is 4.79 Å². The molecule has 0 aliphatic heterocycles. The number of hydrogen-bond acceptors (Lipinski definition) is 9. The number of nitrogens with two attached hydrogens (primary N) is 1. The van der Waals surface area contributed by atoms with E-state index < -0.39 is 59.9 Å². The summed E-state index contributed by atoms with van der Waals surface area (Å²) >= 11 is 5.40. The Labute approximate surface area is 189 Å². The van der Waals surface area contributed by atoms with Gasteiger partial charge in [0.15, 0.2) is 0 Å². The minimum Gasteiger partial charge on any atom is -0.481 e. The van der Waals surface area contributed by atoms with Crippen molar-refractivity contribution in [3.8, 4) is 0 Å². The molecule has 5 unspecified atom stereocenters. The number of aliphatic carboxylic acids is 2. The maximum Gasteiger partial charge on any atom is 0.326 e. The minimum atomic E-state index is -1.48. The molecule has 0 fully saturated rings. The lowest BCUT2D eigenvalue weighted by Crippen LogP contribution is -2.60. The Morgan fingerprint density at radius 3 is 2.00 bits per heavy atom. The number of carboxylic acid groups (broad SMARTS) is 2. The standard InChI is InChI=1S/C17H30N4O8S2/c1-8(22)13(21-14(25)9(18)3-4-12(23)24)16(27)20-11(7-30)15(26)19-10(17(28)29)5-6-31-2/h8-11,13,22,30H,3-7,18H2,1-2H3,(H,19,26)(H,20,27)(H,21,25)(H,23,24)(H,28,29). The van der Waals surface area contributed by atoms with E-state index in [0.29, 0.717) is 5.75 Å². The molecular weight excluding hydrogens is 452 g/mol. The van der Waals surface area contributed by atoms with Gasteiger partial charge in [-0.05, 0) is 31.8 Å². The number of thiol groups is 1. The van der Waals surface area contributed by atoms with E-state index in [0.717, 1.165) is 0 Å². The van der Waals surface area contributed by atoms with Crippen LogP contribution in [0.5, 0.6) is 0 Å². The van der Waals surface area contributed by atoms with Gasteiger partial charge in [-0.1, -0.05) is 0 Å². The van der Waals surface area contributed by atoms with Crippen LogP contribution in [-0.2, 0) is 24.0 Å². The minimum absolute atomic E-state index is 0.176. The zero-order valence-electron chi connectivity index (χ0n) is 17.2. The Morgan fingerprint density at radius 2 is 1.55 bits per heavy atom. The fourth-order valence-corrected chi connectivity index (χ4v) is 3.03. The average molecular weight is 483 g/mol. The van der Waals surface area contributed by atoms with Crippen LogP contribution in [-0.4, -0.2) is 93.0 Å². The molecule has 5 atom stereocenters. The molecule has 0 radical (unpaired) electrons. The van der Waals surface area contributed by atoms with Crippen LogP contribution < -0.4 is 21.7 Å². The maximum absolute atomic E-state index is 12.5. The van der Waals surface area contributed by atoms with Gasteiger partial charge in [0, 0.05) is 12.2 Å². The Hall–Kier alpha value is -2.03. The van der Waals surface area contributed by atoms with Gasteiger partial charge < -0.3 is 37.0 Å². The van der Waals surface area contributed by atoms with Crippen molar-refractivity contribution in [2.75, 3.05) is 17.8 Å². The van der Waals surface area contributed by atoms with Crippen LogP contribution in [0.4, 0.5) is 0 Å². The largest absolute Gasteiger partial charge is 0.481 e. The third-order valence-electron chi connectivity index (χ3n) is 4.11. The van der Waals surface area contributed by atoms with E-state index in [-0.39, 0.29) is 25.0 Å². The highest BCUT2D eigenvalue weighted by molar-refractivity contribution is 7.98. The summed E-state index contributed by atoms with van der Waals surface area (Å²) in [5, 5.41) is 34.6. The van der Waals surface area contributed by atoms with Gasteiger partial charge >= 0.3 is 11.9 Å². The number of thioether (sulfide) groups is 1. The molecule has 31 heavy (non-hydrogen) atoms. The van der Waals surface area contributed by atoms with Crippen LogP contribution in [0.15, 0.2) is 0 Å². The van der Waals surface area contributed by atoms with Gasteiger partial charge in [0.25, 0.3) is 0 Å². The van der Waals surface area contributed by atoms with Crippen LogP contribution in [0, 0.1) is 0 Å². The fraction of sp³-hybridized carbons (Fsp3) is 0.706. The summed E-state index contributed by atoms with van der Waals surface area (Å²) < 4.78 is 0. The number of aliphatic hydroxyl groups is 1. The van der Waals surface area contributed by atoms with Crippen molar-refractivity contribution in [1.82, 2.24) is 16.0 Å². The van der Waals surface area contributed by atoms with E-state index in [1.54, 1.807) is 6.26 Å². The van der Waals surface area contributed by atoms with Gasteiger partial charge in [-0.2, -0.15) is 24.4 Å². The summed E-state index contributed by atoms with van der Waals surface area (Å²) in [6.45, 7) is 1.23. The van der Waals surface area contributed by atoms with E-state index in [1.165, 1.54) is 18.7 Å². The third kappa shape index (κ3) is 11.2. The van der Waals surface area contributed by atoms with E-state index in [2.05, 4.69) is 28.6 Å². The van der Waals surface area contributed by atoms with Crippen molar-refractivity contribution in [2.45, 2.75) is 56.5 Å². The van der Waals surface area contributed by atoms with Crippen molar-refractivity contribution in [3.63, 3.8) is 0 Å². The van der Waals surface area contributed by atoms with Gasteiger partial charge in [-0.3, -0.25) is 19.2 Å². The summed E-state index contributed by atoms with van der Waals surface area (Å²) in [6, 6.07) is -5.09. The molecule has 0 spiro atoms. The lowest BCUT2D eigenvalue weighted by Gasteiger charge is -2.25. The van der Waals surface area contributed by atoms with Crippen LogP contribution >= 0.6 is 24.4 Å². The first-order valence-electron chi connectivity index (χ1n) is 9.33. The molecule has 3 amide bonds.